The third-order valence-electron chi connectivity index (χ3n) is 5.38. The Hall–Kier alpha value is -1.15. The highest BCUT2D eigenvalue weighted by Gasteiger charge is 2.57. The molecule has 2 amide bonds. The van der Waals surface area contributed by atoms with Crippen molar-refractivity contribution in [3.05, 3.63) is 22.4 Å². The summed E-state index contributed by atoms with van der Waals surface area (Å²) in [7, 11) is 1.69. The van der Waals surface area contributed by atoms with Gasteiger partial charge in [0.05, 0.1) is 6.61 Å². The third-order valence-corrected chi connectivity index (χ3v) is 6.11. The van der Waals surface area contributed by atoms with Crippen LogP contribution < -0.4 is 16.0 Å². The fourth-order valence-electron chi connectivity index (χ4n) is 3.79. The van der Waals surface area contributed by atoms with Crippen molar-refractivity contribution in [1.82, 2.24) is 20.9 Å². The number of methoxy groups -OCH3 is 1. The van der Waals surface area contributed by atoms with Gasteiger partial charge in [-0.15, -0.1) is 0 Å². The largest absolute Gasteiger partial charge is 0.383 e. The highest BCUT2D eigenvalue weighted by atomic mass is 32.1. The summed E-state index contributed by atoms with van der Waals surface area (Å²) < 4.78 is 5.01. The minimum absolute atomic E-state index is 0.0696. The molecule has 3 N–H and O–H groups in total. The minimum Gasteiger partial charge on any atom is -0.383 e. The minimum atomic E-state index is 0.0696. The van der Waals surface area contributed by atoms with E-state index in [0.29, 0.717) is 31.2 Å². The topological polar surface area (TPSA) is 65.6 Å². The number of hydrogen-bond acceptors (Lipinski definition) is 5. The molecule has 1 saturated heterocycles. The van der Waals surface area contributed by atoms with Gasteiger partial charge in [-0.2, -0.15) is 11.3 Å². The molecule has 6 nitrogen and oxygen atoms in total. The number of thiophene rings is 1. The van der Waals surface area contributed by atoms with Crippen LogP contribution in [0, 0.1) is 5.41 Å². The van der Waals surface area contributed by atoms with Gasteiger partial charge in [0.25, 0.3) is 0 Å². The first-order valence-corrected chi connectivity index (χ1v) is 10.2. The molecule has 2 heterocycles. The first kappa shape index (κ1) is 18.6. The van der Waals surface area contributed by atoms with Crippen LogP contribution in [0.3, 0.4) is 0 Å². The second-order valence-corrected chi connectivity index (χ2v) is 7.85. The lowest BCUT2D eigenvalue weighted by molar-refractivity contribution is 0.174. The maximum absolute atomic E-state index is 12.8. The normalized spacial score (nSPS) is 21.2. The van der Waals surface area contributed by atoms with E-state index in [1.165, 1.54) is 18.4 Å². The summed E-state index contributed by atoms with van der Waals surface area (Å²) in [5.41, 5.74) is 1.59. The molecule has 140 valence electrons. The van der Waals surface area contributed by atoms with Crippen LogP contribution in [0.2, 0.25) is 0 Å². The van der Waals surface area contributed by atoms with Crippen LogP contribution in [-0.2, 0) is 11.3 Å². The maximum Gasteiger partial charge on any atom is 0.318 e. The molecule has 1 aliphatic heterocycles. The highest BCUT2D eigenvalue weighted by Crippen LogP contribution is 2.56. The Balaban J connectivity index is 1.52. The zero-order valence-corrected chi connectivity index (χ0v) is 15.9. The van der Waals surface area contributed by atoms with Crippen molar-refractivity contribution >= 4 is 17.4 Å². The lowest BCUT2D eigenvalue weighted by atomic mass is 9.93. The number of urea groups is 1. The Morgan fingerprint density at radius 3 is 2.96 bits per heavy atom. The SMILES string of the molecule is COCCNCCNC(=O)N(Cc1ccsc1)C1CC12CCNCC2. The van der Waals surface area contributed by atoms with Gasteiger partial charge in [0.1, 0.15) is 0 Å². The summed E-state index contributed by atoms with van der Waals surface area (Å²) in [4.78, 5) is 14.9. The van der Waals surface area contributed by atoms with E-state index in [-0.39, 0.29) is 6.03 Å². The van der Waals surface area contributed by atoms with Gasteiger partial charge < -0.3 is 25.6 Å². The third kappa shape index (κ3) is 4.94. The molecule has 1 unspecified atom stereocenters. The number of nitrogens with zero attached hydrogens (tertiary/aromatic N) is 1. The molecule has 3 rings (SSSR count). The molecular weight excluding hydrogens is 336 g/mol. The van der Waals surface area contributed by atoms with Crippen molar-refractivity contribution < 1.29 is 9.53 Å². The van der Waals surface area contributed by atoms with E-state index < -0.39 is 0 Å². The van der Waals surface area contributed by atoms with Gasteiger partial charge in [0.15, 0.2) is 0 Å². The molecule has 2 aliphatic rings. The molecule has 1 atom stereocenters. The molecule has 0 radical (unpaired) electrons. The summed E-state index contributed by atoms with van der Waals surface area (Å²) in [5, 5.41) is 14.0. The fraction of sp³-hybridized carbons (Fsp3) is 0.722. The number of ether oxygens (including phenoxy) is 1. The van der Waals surface area contributed by atoms with Crippen LogP contribution in [0.15, 0.2) is 16.8 Å². The molecule has 1 saturated carbocycles. The number of nitrogens with one attached hydrogen (secondary N) is 3. The Morgan fingerprint density at radius 2 is 2.24 bits per heavy atom. The predicted octanol–water partition coefficient (Wildman–Crippen LogP) is 1.64. The van der Waals surface area contributed by atoms with Gasteiger partial charge in [-0.25, -0.2) is 4.79 Å². The van der Waals surface area contributed by atoms with Crippen molar-refractivity contribution in [3.8, 4) is 0 Å². The van der Waals surface area contributed by atoms with E-state index in [4.69, 9.17) is 4.74 Å². The average Bonchev–Trinajstić information content (AvgIpc) is 3.06. The lowest BCUT2D eigenvalue weighted by Crippen LogP contribution is -2.45. The quantitative estimate of drug-likeness (QED) is 0.581. The van der Waals surface area contributed by atoms with E-state index >= 15 is 0 Å². The monoisotopic (exact) mass is 366 g/mol. The van der Waals surface area contributed by atoms with Crippen molar-refractivity contribution in [2.45, 2.75) is 31.8 Å². The number of hydrogen-bond donors (Lipinski definition) is 3. The van der Waals surface area contributed by atoms with E-state index in [0.717, 1.165) is 32.6 Å². The van der Waals surface area contributed by atoms with Crippen molar-refractivity contribution in [1.29, 1.82) is 0 Å². The summed E-state index contributed by atoms with van der Waals surface area (Å²) in [6.07, 6.45) is 3.52. The number of carbonyl (C=O) groups is 1. The van der Waals surface area contributed by atoms with Crippen molar-refractivity contribution in [3.63, 3.8) is 0 Å². The van der Waals surface area contributed by atoms with Crippen molar-refractivity contribution in [2.24, 2.45) is 5.41 Å². The van der Waals surface area contributed by atoms with Crippen LogP contribution in [-0.4, -0.2) is 63.4 Å². The molecule has 2 fully saturated rings. The Kier molecular flexibility index (Phi) is 6.70. The van der Waals surface area contributed by atoms with Gasteiger partial charge in [-0.1, -0.05) is 0 Å². The van der Waals surface area contributed by atoms with Gasteiger partial charge in [-0.3, -0.25) is 0 Å². The van der Waals surface area contributed by atoms with Crippen LogP contribution in [0.5, 0.6) is 0 Å². The highest BCUT2D eigenvalue weighted by molar-refractivity contribution is 7.07. The molecule has 25 heavy (non-hydrogen) atoms. The van der Waals surface area contributed by atoms with Gasteiger partial charge in [0.2, 0.25) is 0 Å². The lowest BCUT2D eigenvalue weighted by Gasteiger charge is -2.29. The van der Waals surface area contributed by atoms with Crippen molar-refractivity contribution in [2.75, 3.05) is 46.4 Å². The van der Waals surface area contributed by atoms with E-state index in [1.54, 1.807) is 18.4 Å². The number of carbonyl (C=O) groups excluding carboxylic acids is 1. The van der Waals surface area contributed by atoms with Crippen LogP contribution in [0.4, 0.5) is 4.79 Å². The van der Waals surface area contributed by atoms with E-state index in [1.807, 2.05) is 0 Å². The second kappa shape index (κ2) is 8.98. The number of amides is 2. The zero-order chi connectivity index (χ0) is 17.5. The summed E-state index contributed by atoms with van der Waals surface area (Å²) in [6, 6.07) is 2.57. The maximum atomic E-state index is 12.8. The molecule has 1 aliphatic carbocycles. The molecule has 7 heteroatoms. The van der Waals surface area contributed by atoms with Crippen LogP contribution >= 0.6 is 11.3 Å². The number of rotatable bonds is 9. The van der Waals surface area contributed by atoms with Crippen LogP contribution in [0.25, 0.3) is 0 Å². The average molecular weight is 367 g/mol. The zero-order valence-electron chi connectivity index (χ0n) is 15.1. The van der Waals surface area contributed by atoms with Gasteiger partial charge >= 0.3 is 6.03 Å². The Bertz CT molecular complexity index is 531. The summed E-state index contributed by atoms with van der Waals surface area (Å²) in [5.74, 6) is 0. The fourth-order valence-corrected chi connectivity index (χ4v) is 4.45. The van der Waals surface area contributed by atoms with Gasteiger partial charge in [0, 0.05) is 39.3 Å². The first-order valence-electron chi connectivity index (χ1n) is 9.21. The first-order chi connectivity index (χ1) is 12.2. The summed E-state index contributed by atoms with van der Waals surface area (Å²) in [6.45, 7) is 5.78. The smallest absolute Gasteiger partial charge is 0.318 e. The molecule has 0 bridgehead atoms. The second-order valence-electron chi connectivity index (χ2n) is 7.07. The molecule has 1 aromatic rings. The summed E-state index contributed by atoms with van der Waals surface area (Å²) >= 11 is 1.69. The predicted molar refractivity (Wildman–Crippen MR) is 101 cm³/mol. The standard InChI is InChI=1S/C18H30N4O2S/c1-24-10-9-20-7-8-21-17(23)22(13-15-2-11-25-14-15)16-12-18(16)3-5-19-6-4-18/h2,11,14,16,19-20H,3-10,12-13H2,1H3,(H,21,23). The van der Waals surface area contributed by atoms with E-state index in [2.05, 4.69) is 37.7 Å². The molecular formula is C18H30N4O2S. The molecule has 0 aromatic carbocycles. The van der Waals surface area contributed by atoms with E-state index in [9.17, 15) is 4.79 Å². The molecule has 1 spiro atoms. The number of piperidine rings is 1. The van der Waals surface area contributed by atoms with Gasteiger partial charge in [-0.05, 0) is 60.2 Å². The molecule has 1 aromatic heterocycles. The van der Waals surface area contributed by atoms with Crippen LogP contribution in [0.1, 0.15) is 24.8 Å². The Morgan fingerprint density at radius 1 is 1.40 bits per heavy atom. The Labute approximate surface area is 154 Å².